The molecule has 1 aromatic heterocycles. The standard InChI is InChI=1S/C7H9ClN4O/c1-12(4-6(9)13)7-10-2-5(8)3-11-7/h2-3H,4H2,1H3,(H2,9,13). The third kappa shape index (κ3) is 2.87. The Morgan fingerprint density at radius 1 is 1.62 bits per heavy atom. The summed E-state index contributed by atoms with van der Waals surface area (Å²) in [6.07, 6.45) is 2.92. The number of carbonyl (C=O) groups excluding carboxylic acids is 1. The van der Waals surface area contributed by atoms with Crippen LogP contribution in [0.25, 0.3) is 0 Å². The van der Waals surface area contributed by atoms with Crippen molar-refractivity contribution in [2.45, 2.75) is 0 Å². The van der Waals surface area contributed by atoms with Crippen LogP contribution >= 0.6 is 11.6 Å². The van der Waals surface area contributed by atoms with E-state index in [1.165, 1.54) is 12.4 Å². The van der Waals surface area contributed by atoms with E-state index < -0.39 is 5.91 Å². The molecule has 2 N–H and O–H groups in total. The van der Waals surface area contributed by atoms with Gasteiger partial charge >= 0.3 is 0 Å². The Balaban J connectivity index is 2.71. The SMILES string of the molecule is CN(CC(N)=O)c1ncc(Cl)cn1. The first-order valence-corrected chi connectivity index (χ1v) is 3.94. The summed E-state index contributed by atoms with van der Waals surface area (Å²) in [7, 11) is 1.67. The quantitative estimate of drug-likeness (QED) is 0.749. The summed E-state index contributed by atoms with van der Waals surface area (Å²) >= 11 is 5.59. The molecular weight excluding hydrogens is 192 g/mol. The summed E-state index contributed by atoms with van der Waals surface area (Å²) < 4.78 is 0. The van der Waals surface area contributed by atoms with Crippen LogP contribution in [0, 0.1) is 0 Å². The molecule has 13 heavy (non-hydrogen) atoms. The van der Waals surface area contributed by atoms with Crippen molar-refractivity contribution in [3.8, 4) is 0 Å². The summed E-state index contributed by atoms with van der Waals surface area (Å²) in [5.74, 6) is -0.00995. The number of aromatic nitrogens is 2. The molecule has 0 radical (unpaired) electrons. The number of rotatable bonds is 3. The molecule has 0 aromatic carbocycles. The lowest BCUT2D eigenvalue weighted by atomic mass is 10.5. The minimum absolute atomic E-state index is 0.0850. The van der Waals surface area contributed by atoms with Crippen LogP contribution in [-0.4, -0.2) is 29.5 Å². The van der Waals surface area contributed by atoms with Crippen molar-refractivity contribution in [2.24, 2.45) is 5.73 Å². The van der Waals surface area contributed by atoms with Crippen LogP contribution < -0.4 is 10.6 Å². The minimum atomic E-state index is -0.430. The summed E-state index contributed by atoms with van der Waals surface area (Å²) in [4.78, 5) is 19.9. The van der Waals surface area contributed by atoms with E-state index in [1.807, 2.05) is 0 Å². The Morgan fingerprint density at radius 3 is 2.62 bits per heavy atom. The number of nitrogens with two attached hydrogens (primary N) is 1. The number of halogens is 1. The smallest absolute Gasteiger partial charge is 0.237 e. The van der Waals surface area contributed by atoms with Gasteiger partial charge in [-0.05, 0) is 0 Å². The van der Waals surface area contributed by atoms with Gasteiger partial charge in [0.15, 0.2) is 0 Å². The molecule has 0 aliphatic rings. The molecule has 0 atom stereocenters. The third-order valence-corrected chi connectivity index (χ3v) is 1.54. The second-order valence-electron chi connectivity index (χ2n) is 2.52. The van der Waals surface area contributed by atoms with E-state index in [-0.39, 0.29) is 6.54 Å². The van der Waals surface area contributed by atoms with E-state index in [0.717, 1.165) is 0 Å². The number of primary amides is 1. The molecule has 0 spiro atoms. The summed E-state index contributed by atoms with van der Waals surface area (Å²) in [6, 6.07) is 0. The van der Waals surface area contributed by atoms with Gasteiger partial charge < -0.3 is 10.6 Å². The topological polar surface area (TPSA) is 72.1 Å². The van der Waals surface area contributed by atoms with Gasteiger partial charge in [0.05, 0.1) is 24.0 Å². The first kappa shape index (κ1) is 9.73. The molecule has 1 rings (SSSR count). The molecule has 1 heterocycles. The Kier molecular flexibility index (Phi) is 3.02. The monoisotopic (exact) mass is 200 g/mol. The van der Waals surface area contributed by atoms with Gasteiger partial charge in [-0.3, -0.25) is 4.79 Å². The Labute approximate surface area is 80.5 Å². The average molecular weight is 201 g/mol. The maximum Gasteiger partial charge on any atom is 0.237 e. The second kappa shape index (κ2) is 4.04. The number of anilines is 1. The van der Waals surface area contributed by atoms with Gasteiger partial charge in [0.1, 0.15) is 0 Å². The Bertz CT molecular complexity index is 300. The fourth-order valence-electron chi connectivity index (χ4n) is 0.807. The van der Waals surface area contributed by atoms with E-state index in [9.17, 15) is 4.79 Å². The zero-order valence-electron chi connectivity index (χ0n) is 7.07. The molecule has 0 aliphatic carbocycles. The van der Waals surface area contributed by atoms with E-state index in [2.05, 4.69) is 9.97 Å². The maximum absolute atomic E-state index is 10.5. The predicted octanol–water partition coefficient (Wildman–Crippen LogP) is 0.0515. The first-order valence-electron chi connectivity index (χ1n) is 3.56. The molecule has 0 saturated heterocycles. The van der Waals surface area contributed by atoms with Crippen LogP contribution in [0.1, 0.15) is 0 Å². The zero-order valence-corrected chi connectivity index (χ0v) is 7.82. The van der Waals surface area contributed by atoms with Crippen molar-refractivity contribution >= 4 is 23.5 Å². The highest BCUT2D eigenvalue weighted by Crippen LogP contribution is 2.07. The summed E-state index contributed by atoms with van der Waals surface area (Å²) in [5.41, 5.74) is 5.00. The normalized spacial score (nSPS) is 9.69. The lowest BCUT2D eigenvalue weighted by Gasteiger charge is -2.13. The van der Waals surface area contributed by atoms with Crippen LogP contribution in [0.5, 0.6) is 0 Å². The highest BCUT2D eigenvalue weighted by molar-refractivity contribution is 6.30. The van der Waals surface area contributed by atoms with Gasteiger partial charge in [-0.25, -0.2) is 9.97 Å². The third-order valence-electron chi connectivity index (χ3n) is 1.34. The summed E-state index contributed by atoms with van der Waals surface area (Å²) in [5, 5.41) is 0.455. The van der Waals surface area contributed by atoms with Crippen molar-refractivity contribution in [1.29, 1.82) is 0 Å². The molecular formula is C7H9ClN4O. The Morgan fingerprint density at radius 2 is 2.15 bits per heavy atom. The van der Waals surface area contributed by atoms with Crippen LogP contribution in [0.2, 0.25) is 5.02 Å². The van der Waals surface area contributed by atoms with Gasteiger partial charge in [0.2, 0.25) is 11.9 Å². The largest absolute Gasteiger partial charge is 0.368 e. The highest BCUT2D eigenvalue weighted by Gasteiger charge is 2.05. The number of carbonyl (C=O) groups is 1. The molecule has 5 nitrogen and oxygen atoms in total. The predicted molar refractivity (Wildman–Crippen MR) is 49.5 cm³/mol. The number of amides is 1. The van der Waals surface area contributed by atoms with Gasteiger partial charge in [0.25, 0.3) is 0 Å². The van der Waals surface area contributed by atoms with Crippen molar-refractivity contribution in [3.05, 3.63) is 17.4 Å². The molecule has 6 heteroatoms. The lowest BCUT2D eigenvalue weighted by Crippen LogP contribution is -2.31. The van der Waals surface area contributed by atoms with Gasteiger partial charge in [-0.1, -0.05) is 11.6 Å². The van der Waals surface area contributed by atoms with Crippen LogP contribution in [0.15, 0.2) is 12.4 Å². The van der Waals surface area contributed by atoms with E-state index in [4.69, 9.17) is 17.3 Å². The molecule has 0 bridgehead atoms. The lowest BCUT2D eigenvalue weighted by molar-refractivity contribution is -0.116. The molecule has 0 aliphatic heterocycles. The van der Waals surface area contributed by atoms with Gasteiger partial charge in [-0.15, -0.1) is 0 Å². The van der Waals surface area contributed by atoms with Crippen molar-refractivity contribution < 1.29 is 4.79 Å². The van der Waals surface area contributed by atoms with Crippen LogP contribution in [0.4, 0.5) is 5.95 Å². The maximum atomic E-state index is 10.5. The minimum Gasteiger partial charge on any atom is -0.368 e. The molecule has 0 unspecified atom stereocenters. The van der Waals surface area contributed by atoms with Crippen molar-refractivity contribution in [2.75, 3.05) is 18.5 Å². The van der Waals surface area contributed by atoms with E-state index >= 15 is 0 Å². The summed E-state index contributed by atoms with van der Waals surface area (Å²) in [6.45, 7) is 0.0850. The zero-order chi connectivity index (χ0) is 9.84. The number of hydrogen-bond acceptors (Lipinski definition) is 4. The Hall–Kier alpha value is -1.36. The second-order valence-corrected chi connectivity index (χ2v) is 2.96. The van der Waals surface area contributed by atoms with E-state index in [1.54, 1.807) is 11.9 Å². The molecule has 0 fully saturated rings. The fraction of sp³-hybridized carbons (Fsp3) is 0.286. The van der Waals surface area contributed by atoms with Crippen molar-refractivity contribution in [1.82, 2.24) is 9.97 Å². The number of likely N-dealkylation sites (N-methyl/N-ethyl adjacent to an activating group) is 1. The van der Waals surface area contributed by atoms with Gasteiger partial charge in [-0.2, -0.15) is 0 Å². The molecule has 70 valence electrons. The molecule has 1 aromatic rings. The van der Waals surface area contributed by atoms with Gasteiger partial charge in [0, 0.05) is 7.05 Å². The molecule has 1 amide bonds. The van der Waals surface area contributed by atoms with Crippen molar-refractivity contribution in [3.63, 3.8) is 0 Å². The van der Waals surface area contributed by atoms with Crippen LogP contribution in [0.3, 0.4) is 0 Å². The number of hydrogen-bond donors (Lipinski definition) is 1. The molecule has 0 saturated carbocycles. The highest BCUT2D eigenvalue weighted by atomic mass is 35.5. The average Bonchev–Trinajstić information content (AvgIpc) is 2.04. The first-order chi connectivity index (χ1) is 6.09. The van der Waals surface area contributed by atoms with E-state index in [0.29, 0.717) is 11.0 Å². The number of nitrogens with zero attached hydrogens (tertiary/aromatic N) is 3. The fourth-order valence-corrected chi connectivity index (χ4v) is 0.905. The van der Waals surface area contributed by atoms with Crippen LogP contribution in [-0.2, 0) is 4.79 Å².